The molecule has 14 nitrogen and oxygen atoms in total. The second-order valence-electron chi connectivity index (χ2n) is 10.3. The Hall–Kier alpha value is -3.91. The molecule has 0 N–H and O–H groups in total. The first kappa shape index (κ1) is 35.4. The minimum Gasteiger partial charge on any atom is -0.497 e. The van der Waals surface area contributed by atoms with Gasteiger partial charge in [-0.3, -0.25) is 4.57 Å². The van der Waals surface area contributed by atoms with Gasteiger partial charge in [0.2, 0.25) is 6.23 Å². The van der Waals surface area contributed by atoms with Gasteiger partial charge in [-0.25, -0.2) is 23.0 Å². The second-order valence-corrected chi connectivity index (χ2v) is 12.2. The van der Waals surface area contributed by atoms with Crippen molar-refractivity contribution in [1.82, 2.24) is 9.55 Å². The first-order valence-electron chi connectivity index (χ1n) is 14.3. The molecule has 1 saturated heterocycles. The zero-order chi connectivity index (χ0) is 34.4. The summed E-state index contributed by atoms with van der Waals surface area (Å²) in [6.45, 7) is -0.173. The number of rotatable bonds is 14. The van der Waals surface area contributed by atoms with Crippen LogP contribution in [0, 0.1) is 0 Å². The molecule has 1 fully saturated rings. The summed E-state index contributed by atoms with van der Waals surface area (Å²) in [4.78, 5) is 29.2. The Morgan fingerprint density at radius 3 is 2.48 bits per heavy atom. The lowest BCUT2D eigenvalue weighted by Crippen LogP contribution is -2.36. The van der Waals surface area contributed by atoms with E-state index in [9.17, 15) is 18.4 Å². The minimum atomic E-state index is -3.39. The number of methoxy groups -OCH3 is 2. The van der Waals surface area contributed by atoms with Gasteiger partial charge in [0.1, 0.15) is 36.3 Å². The molecule has 3 heterocycles. The van der Waals surface area contributed by atoms with Crippen molar-refractivity contribution in [2.24, 2.45) is 0 Å². The van der Waals surface area contributed by atoms with E-state index in [1.165, 1.54) is 20.3 Å². The molecule has 0 radical (unpaired) electrons. The van der Waals surface area contributed by atoms with Crippen molar-refractivity contribution in [3.63, 3.8) is 0 Å². The van der Waals surface area contributed by atoms with E-state index in [1.54, 1.807) is 44.6 Å². The predicted molar refractivity (Wildman–Crippen MR) is 171 cm³/mol. The van der Waals surface area contributed by atoms with Crippen LogP contribution in [0.5, 0.6) is 17.2 Å². The van der Waals surface area contributed by atoms with Crippen molar-refractivity contribution in [1.29, 1.82) is 0 Å². The molecule has 3 atom stereocenters. The maximum atomic E-state index is 14.8. The first-order valence-corrected chi connectivity index (χ1v) is 15.9. The minimum absolute atomic E-state index is 0.105. The number of nitrogens with zero attached hydrogens (tertiary/aromatic N) is 3. The number of carbonyl (C=O) groups excluding carboxylic acids is 1. The highest BCUT2D eigenvalue weighted by Crippen LogP contribution is 2.44. The molecular formula is C30H33F2N3O11P2. The van der Waals surface area contributed by atoms with Crippen molar-refractivity contribution in [3.8, 4) is 17.2 Å². The Morgan fingerprint density at radius 1 is 1.06 bits per heavy atom. The molecule has 0 bridgehead atoms. The van der Waals surface area contributed by atoms with E-state index in [0.29, 0.717) is 38.7 Å². The largest absolute Gasteiger partial charge is 0.497 e. The van der Waals surface area contributed by atoms with Crippen LogP contribution in [0.4, 0.5) is 19.4 Å². The molecule has 3 unspecified atom stereocenters. The van der Waals surface area contributed by atoms with Crippen molar-refractivity contribution >= 4 is 40.9 Å². The molecule has 2 aromatic heterocycles. The van der Waals surface area contributed by atoms with Crippen LogP contribution in [0.2, 0.25) is 0 Å². The lowest BCUT2D eigenvalue weighted by Gasteiger charge is -2.21. The highest BCUT2D eigenvalue weighted by molar-refractivity contribution is 7.41. The summed E-state index contributed by atoms with van der Waals surface area (Å²) in [5.74, 6) is -1.20. The third-order valence-electron chi connectivity index (χ3n) is 7.09. The van der Waals surface area contributed by atoms with Crippen molar-refractivity contribution in [2.75, 3.05) is 39.7 Å². The number of hydrogen-bond donors (Lipinski definition) is 0. The van der Waals surface area contributed by atoms with Gasteiger partial charge in [0.25, 0.3) is 5.92 Å². The fraction of sp³-hybridized carbons (Fsp3) is 0.367. The quantitative estimate of drug-likeness (QED) is 0.142. The normalized spacial score (nSPS) is 17.1. The fourth-order valence-corrected chi connectivity index (χ4v) is 5.64. The third kappa shape index (κ3) is 8.20. The Morgan fingerprint density at radius 2 is 1.81 bits per heavy atom. The SMILES string of the molecule is COc1cc(OC)c2oc(COc3ccc(COC(=O)N(P)c4ccn(C5OC(COP(OC)OC)CC5(F)F)c(=O)n4)cc3)cc2c1. The summed E-state index contributed by atoms with van der Waals surface area (Å²) in [5, 5.41) is 0.811. The van der Waals surface area contributed by atoms with Gasteiger partial charge in [-0.1, -0.05) is 12.1 Å². The molecule has 0 saturated carbocycles. The van der Waals surface area contributed by atoms with Gasteiger partial charge < -0.3 is 41.7 Å². The van der Waals surface area contributed by atoms with Gasteiger partial charge in [-0.15, -0.1) is 0 Å². The van der Waals surface area contributed by atoms with Crippen molar-refractivity contribution < 1.29 is 55.2 Å². The number of ether oxygens (including phenoxy) is 5. The summed E-state index contributed by atoms with van der Waals surface area (Å²) >= 11 is 0. The fourth-order valence-electron chi connectivity index (χ4n) is 4.77. The van der Waals surface area contributed by atoms with Gasteiger partial charge in [-0.05, 0) is 45.3 Å². The van der Waals surface area contributed by atoms with Crippen LogP contribution in [-0.4, -0.2) is 62.7 Å². The number of alkyl halides is 2. The number of benzene rings is 2. The number of halogens is 2. The number of carbonyl (C=O) groups is 1. The zero-order valence-corrected chi connectivity index (χ0v) is 28.3. The standard InChI is InChI=1S/C30H33F2N3O11P2/c1-38-21-11-19-12-22(45-26(19)24(13-21)39-2)16-42-20-7-5-18(6-8-20)15-43-29(37)35(47)25-9-10-34(28(36)33-25)27-30(31,32)14-23(46-27)17-44-48(40-3)41-4/h5-13,23,27H,14-17,47H2,1-4H3. The summed E-state index contributed by atoms with van der Waals surface area (Å²) < 4.78 is 79.4. The van der Waals surface area contributed by atoms with Gasteiger partial charge in [0.05, 0.1) is 26.9 Å². The van der Waals surface area contributed by atoms with E-state index in [2.05, 4.69) is 14.4 Å². The molecule has 48 heavy (non-hydrogen) atoms. The Kier molecular flexibility index (Phi) is 11.5. The zero-order valence-electron chi connectivity index (χ0n) is 26.3. The van der Waals surface area contributed by atoms with E-state index >= 15 is 0 Å². The summed E-state index contributed by atoms with van der Waals surface area (Å²) in [7, 11) is 6.22. The topological polar surface area (TPSA) is 142 Å². The molecule has 2 aromatic carbocycles. The van der Waals surface area contributed by atoms with E-state index in [0.717, 1.165) is 16.3 Å². The van der Waals surface area contributed by atoms with Crippen LogP contribution in [0.1, 0.15) is 24.0 Å². The van der Waals surface area contributed by atoms with Gasteiger partial charge in [0, 0.05) is 38.3 Å². The highest BCUT2D eigenvalue weighted by Gasteiger charge is 2.52. The Bertz CT molecular complexity index is 1770. The predicted octanol–water partition coefficient (Wildman–Crippen LogP) is 5.98. The van der Waals surface area contributed by atoms with Gasteiger partial charge in [0.15, 0.2) is 11.3 Å². The molecule has 0 spiro atoms. The molecule has 1 aliphatic rings. The number of furan rings is 1. The van der Waals surface area contributed by atoms with Crippen LogP contribution < -0.4 is 24.6 Å². The molecule has 258 valence electrons. The summed E-state index contributed by atoms with van der Waals surface area (Å²) in [5.41, 5.74) is 0.186. The number of aromatic nitrogens is 2. The van der Waals surface area contributed by atoms with Gasteiger partial charge in [-0.2, -0.15) is 4.98 Å². The maximum Gasteiger partial charge on any atom is 0.418 e. The van der Waals surface area contributed by atoms with Crippen LogP contribution >= 0.6 is 18.0 Å². The summed E-state index contributed by atoms with van der Waals surface area (Å²) in [6.07, 6.45) is -3.41. The van der Waals surface area contributed by atoms with Crippen molar-refractivity contribution in [3.05, 3.63) is 76.5 Å². The molecular weight excluding hydrogens is 678 g/mol. The second kappa shape index (κ2) is 15.5. The van der Waals surface area contributed by atoms with Crippen LogP contribution in [-0.2, 0) is 36.3 Å². The van der Waals surface area contributed by atoms with Crippen LogP contribution in [0.3, 0.4) is 0 Å². The molecule has 0 aliphatic carbocycles. The Balaban J connectivity index is 1.13. The third-order valence-corrected chi connectivity index (χ3v) is 8.52. The van der Waals surface area contributed by atoms with Gasteiger partial charge >= 0.3 is 20.4 Å². The summed E-state index contributed by atoms with van der Waals surface area (Å²) in [6, 6.07) is 13.5. The lowest BCUT2D eigenvalue weighted by molar-refractivity contribution is -0.119. The highest BCUT2D eigenvalue weighted by atomic mass is 31.2. The van der Waals surface area contributed by atoms with E-state index in [4.69, 9.17) is 41.7 Å². The van der Waals surface area contributed by atoms with Crippen LogP contribution in [0.15, 0.2) is 63.9 Å². The lowest BCUT2D eigenvalue weighted by atomic mass is 10.2. The molecule has 1 amide bonds. The number of fused-ring (bicyclic) bond motifs is 1. The smallest absolute Gasteiger partial charge is 0.418 e. The number of amides is 1. The average molecular weight is 712 g/mol. The van der Waals surface area contributed by atoms with E-state index < -0.39 is 45.1 Å². The molecule has 5 rings (SSSR count). The van der Waals surface area contributed by atoms with E-state index in [1.807, 2.05) is 12.1 Å². The average Bonchev–Trinajstić information content (AvgIpc) is 3.65. The van der Waals surface area contributed by atoms with Crippen molar-refractivity contribution in [2.45, 2.75) is 37.9 Å². The van der Waals surface area contributed by atoms with Crippen LogP contribution in [0.25, 0.3) is 11.0 Å². The molecule has 1 aliphatic heterocycles. The number of anilines is 1. The first-order chi connectivity index (χ1) is 23.0. The molecule has 4 aromatic rings. The molecule has 18 heteroatoms. The number of hydrogen-bond acceptors (Lipinski definition) is 12. The maximum absolute atomic E-state index is 14.8. The Labute approximate surface area is 277 Å². The van der Waals surface area contributed by atoms with E-state index in [-0.39, 0.29) is 25.6 Å². The monoisotopic (exact) mass is 711 g/mol.